The van der Waals surface area contributed by atoms with Crippen molar-refractivity contribution in [3.63, 3.8) is 0 Å². The van der Waals surface area contributed by atoms with Crippen molar-refractivity contribution in [1.29, 1.82) is 0 Å². The Morgan fingerprint density at radius 1 is 1.00 bits per heavy atom. The number of aromatic nitrogens is 1. The normalized spacial score (nSPS) is 15.4. The van der Waals surface area contributed by atoms with Crippen LogP contribution in [0.25, 0.3) is 11.3 Å². The molecule has 4 rings (SSSR count). The Morgan fingerprint density at radius 3 is 2.23 bits per heavy atom. The van der Waals surface area contributed by atoms with Gasteiger partial charge in [0.05, 0.1) is 12.8 Å². The zero-order valence-corrected chi connectivity index (χ0v) is 17.7. The van der Waals surface area contributed by atoms with Crippen LogP contribution >= 0.6 is 11.3 Å². The molecule has 3 aromatic rings. The van der Waals surface area contributed by atoms with Gasteiger partial charge in [0.2, 0.25) is 10.0 Å². The average Bonchev–Trinajstić information content (AvgIpc) is 3.24. The van der Waals surface area contributed by atoms with Crippen LogP contribution in [-0.4, -0.2) is 51.0 Å². The lowest BCUT2D eigenvalue weighted by molar-refractivity contribution is 0.378. The second-order valence-corrected chi connectivity index (χ2v) is 9.40. The van der Waals surface area contributed by atoms with Crippen LogP contribution in [0.4, 0.5) is 13.9 Å². The first-order valence-electron chi connectivity index (χ1n) is 9.19. The highest BCUT2D eigenvalue weighted by Crippen LogP contribution is 2.30. The smallest absolute Gasteiger partial charge is 0.249 e. The third kappa shape index (κ3) is 3.90. The molecular weight excluding hydrogens is 432 g/mol. The van der Waals surface area contributed by atoms with Crippen molar-refractivity contribution in [1.82, 2.24) is 9.29 Å². The molecule has 0 spiro atoms. The highest BCUT2D eigenvalue weighted by molar-refractivity contribution is 7.89. The van der Waals surface area contributed by atoms with E-state index in [9.17, 15) is 17.2 Å². The molecule has 0 unspecified atom stereocenters. The number of methoxy groups -OCH3 is 1. The number of nitrogens with zero attached hydrogens (tertiary/aromatic N) is 3. The van der Waals surface area contributed by atoms with E-state index in [1.807, 2.05) is 34.5 Å². The topological polar surface area (TPSA) is 62.7 Å². The molecule has 0 saturated carbocycles. The first-order valence-corrected chi connectivity index (χ1v) is 11.5. The fraction of sp³-hybridized carbons (Fsp3) is 0.250. The summed E-state index contributed by atoms with van der Waals surface area (Å²) in [5, 5.41) is 2.71. The van der Waals surface area contributed by atoms with Gasteiger partial charge in [-0.1, -0.05) is 6.07 Å². The van der Waals surface area contributed by atoms with Gasteiger partial charge in [-0.2, -0.15) is 4.31 Å². The number of anilines is 1. The summed E-state index contributed by atoms with van der Waals surface area (Å²) in [7, 11) is -2.64. The molecule has 158 valence electrons. The van der Waals surface area contributed by atoms with Crippen molar-refractivity contribution in [3.8, 4) is 17.0 Å². The van der Waals surface area contributed by atoms with Crippen LogP contribution in [-0.2, 0) is 10.0 Å². The van der Waals surface area contributed by atoms with E-state index < -0.39 is 26.6 Å². The number of rotatable bonds is 5. The largest absolute Gasteiger partial charge is 0.497 e. The van der Waals surface area contributed by atoms with Gasteiger partial charge < -0.3 is 9.64 Å². The number of ether oxygens (including phenoxy) is 1. The van der Waals surface area contributed by atoms with Gasteiger partial charge in [-0.05, 0) is 36.4 Å². The Morgan fingerprint density at radius 2 is 1.63 bits per heavy atom. The molecular formula is C20H19F2N3O3S2. The van der Waals surface area contributed by atoms with Crippen molar-refractivity contribution >= 4 is 26.5 Å². The van der Waals surface area contributed by atoms with Crippen molar-refractivity contribution in [2.75, 3.05) is 38.2 Å². The Balaban J connectivity index is 1.47. The maximum atomic E-state index is 14.0. The molecule has 1 saturated heterocycles. The van der Waals surface area contributed by atoms with E-state index in [1.165, 1.54) is 11.3 Å². The maximum absolute atomic E-state index is 14.0. The molecule has 6 nitrogen and oxygen atoms in total. The summed E-state index contributed by atoms with van der Waals surface area (Å²) in [6, 6.07) is 10.6. The number of sulfonamides is 1. The Kier molecular flexibility index (Phi) is 5.72. The lowest BCUT2D eigenvalue weighted by Crippen LogP contribution is -2.49. The minimum atomic E-state index is -4.25. The molecule has 0 bridgehead atoms. The lowest BCUT2D eigenvalue weighted by Gasteiger charge is -2.33. The Hall–Kier alpha value is -2.56. The minimum absolute atomic E-state index is 0.119. The Bertz CT molecular complexity index is 1120. The third-order valence-electron chi connectivity index (χ3n) is 4.90. The van der Waals surface area contributed by atoms with Gasteiger partial charge in [0.15, 0.2) is 10.0 Å². The SMILES string of the molecule is COc1ccc(-c2csc(N3CCN(S(=O)(=O)c4c(F)cccc4F)CC3)n2)cc1. The van der Waals surface area contributed by atoms with Gasteiger partial charge in [-0.15, -0.1) is 11.3 Å². The molecule has 1 aliphatic heterocycles. The summed E-state index contributed by atoms with van der Waals surface area (Å²) in [5.41, 5.74) is 1.77. The van der Waals surface area contributed by atoms with Crippen LogP contribution in [0.15, 0.2) is 52.7 Å². The van der Waals surface area contributed by atoms with Crippen molar-refractivity contribution in [2.24, 2.45) is 0 Å². The fourth-order valence-corrected chi connectivity index (χ4v) is 5.70. The number of benzene rings is 2. The summed E-state index contributed by atoms with van der Waals surface area (Å²) in [4.78, 5) is 5.73. The van der Waals surface area contributed by atoms with E-state index in [1.54, 1.807) is 7.11 Å². The molecule has 30 heavy (non-hydrogen) atoms. The predicted octanol–water partition coefficient (Wildman–Crippen LogP) is 3.61. The molecule has 2 aromatic carbocycles. The highest BCUT2D eigenvalue weighted by Gasteiger charge is 2.33. The van der Waals surface area contributed by atoms with Gasteiger partial charge in [0.25, 0.3) is 0 Å². The third-order valence-corrected chi connectivity index (χ3v) is 7.76. The molecule has 0 radical (unpaired) electrons. The van der Waals surface area contributed by atoms with Crippen LogP contribution in [0.3, 0.4) is 0 Å². The number of piperazine rings is 1. The van der Waals surface area contributed by atoms with Crippen LogP contribution < -0.4 is 9.64 Å². The van der Waals surface area contributed by atoms with Crippen LogP contribution in [0, 0.1) is 11.6 Å². The van der Waals surface area contributed by atoms with E-state index in [4.69, 9.17) is 4.74 Å². The monoisotopic (exact) mass is 451 g/mol. The second kappa shape index (κ2) is 8.29. The average molecular weight is 452 g/mol. The standard InChI is InChI=1S/C20H19F2N3O3S2/c1-28-15-7-5-14(6-8-15)18-13-29-20(23-18)24-9-11-25(12-10-24)30(26,27)19-16(21)3-2-4-17(19)22/h2-8,13H,9-12H2,1H3. The van der Waals surface area contributed by atoms with E-state index in [0.29, 0.717) is 13.1 Å². The first-order chi connectivity index (χ1) is 14.4. The molecule has 0 amide bonds. The van der Waals surface area contributed by atoms with E-state index in [2.05, 4.69) is 4.98 Å². The van der Waals surface area contributed by atoms with Crippen molar-refractivity contribution in [3.05, 3.63) is 59.5 Å². The summed E-state index contributed by atoms with van der Waals surface area (Å²) in [5.74, 6) is -1.40. The first kappa shape index (κ1) is 20.7. The lowest BCUT2D eigenvalue weighted by atomic mass is 10.2. The maximum Gasteiger partial charge on any atom is 0.249 e. The number of thiazole rings is 1. The molecule has 1 fully saturated rings. The predicted molar refractivity (Wildman–Crippen MR) is 111 cm³/mol. The summed E-state index contributed by atoms with van der Waals surface area (Å²) in [6.07, 6.45) is 0. The number of hydrogen-bond donors (Lipinski definition) is 0. The summed E-state index contributed by atoms with van der Waals surface area (Å²) >= 11 is 1.47. The molecule has 10 heteroatoms. The van der Waals surface area contributed by atoms with Gasteiger partial charge in [-0.25, -0.2) is 22.2 Å². The zero-order chi connectivity index (χ0) is 21.3. The van der Waals surface area contributed by atoms with E-state index in [-0.39, 0.29) is 13.1 Å². The van der Waals surface area contributed by atoms with Gasteiger partial charge in [-0.3, -0.25) is 0 Å². The number of hydrogen-bond acceptors (Lipinski definition) is 6. The molecule has 0 aliphatic carbocycles. The Labute approximate surface area is 177 Å². The quantitative estimate of drug-likeness (QED) is 0.593. The van der Waals surface area contributed by atoms with Crippen LogP contribution in [0.5, 0.6) is 5.75 Å². The molecule has 0 atom stereocenters. The number of halogens is 2. The van der Waals surface area contributed by atoms with Crippen LogP contribution in [0.2, 0.25) is 0 Å². The van der Waals surface area contributed by atoms with Gasteiger partial charge >= 0.3 is 0 Å². The second-order valence-electron chi connectivity index (χ2n) is 6.69. The van der Waals surface area contributed by atoms with Crippen molar-refractivity contribution in [2.45, 2.75) is 4.90 Å². The van der Waals surface area contributed by atoms with E-state index >= 15 is 0 Å². The van der Waals surface area contributed by atoms with Crippen LogP contribution in [0.1, 0.15) is 0 Å². The molecule has 1 aliphatic rings. The zero-order valence-electron chi connectivity index (χ0n) is 16.1. The summed E-state index contributed by atoms with van der Waals surface area (Å²) < 4.78 is 59.7. The fourth-order valence-electron chi connectivity index (χ4n) is 3.28. The molecule has 0 N–H and O–H groups in total. The minimum Gasteiger partial charge on any atom is -0.497 e. The summed E-state index contributed by atoms with van der Waals surface area (Å²) in [6.45, 7) is 0.997. The van der Waals surface area contributed by atoms with Gasteiger partial charge in [0.1, 0.15) is 17.4 Å². The van der Waals surface area contributed by atoms with Gasteiger partial charge in [0, 0.05) is 37.1 Å². The van der Waals surface area contributed by atoms with E-state index in [0.717, 1.165) is 44.6 Å². The van der Waals surface area contributed by atoms with Crippen molar-refractivity contribution < 1.29 is 21.9 Å². The highest BCUT2D eigenvalue weighted by atomic mass is 32.2. The molecule has 1 aromatic heterocycles. The molecule has 2 heterocycles.